The minimum Gasteiger partial charge on any atom is -0.376 e. The first kappa shape index (κ1) is 19.2. The van der Waals surface area contributed by atoms with Crippen LogP contribution >= 0.6 is 24.0 Å². The zero-order valence-electron chi connectivity index (χ0n) is 14.3. The molecule has 0 bridgehead atoms. The summed E-state index contributed by atoms with van der Waals surface area (Å²) in [5, 5.41) is 6.65. The Morgan fingerprint density at radius 3 is 2.75 bits per heavy atom. The van der Waals surface area contributed by atoms with Crippen molar-refractivity contribution in [3.63, 3.8) is 0 Å². The quantitative estimate of drug-likeness (QED) is 0.413. The summed E-state index contributed by atoms with van der Waals surface area (Å²) in [6.07, 6.45) is 7.11. The second kappa shape index (κ2) is 10.0. The van der Waals surface area contributed by atoms with Crippen LogP contribution in [0.1, 0.15) is 31.2 Å². The molecule has 1 unspecified atom stereocenters. The molecule has 0 aromatic carbocycles. The number of pyridine rings is 1. The van der Waals surface area contributed by atoms with E-state index in [9.17, 15) is 0 Å². The molecule has 2 N–H and O–H groups in total. The van der Waals surface area contributed by atoms with Gasteiger partial charge in [-0.15, -0.1) is 24.0 Å². The second-order valence-corrected chi connectivity index (χ2v) is 6.16. The van der Waals surface area contributed by atoms with Gasteiger partial charge in [0.05, 0.1) is 6.10 Å². The number of aromatic nitrogens is 1. The summed E-state index contributed by atoms with van der Waals surface area (Å²) in [4.78, 5) is 11.2. The Kier molecular flexibility index (Phi) is 8.04. The van der Waals surface area contributed by atoms with Crippen LogP contribution in [0.5, 0.6) is 0 Å². The number of ether oxygens (including phenoxy) is 1. The van der Waals surface area contributed by atoms with Gasteiger partial charge in [-0.3, -0.25) is 4.99 Å². The summed E-state index contributed by atoms with van der Waals surface area (Å²) in [6, 6.07) is 4.26. The van der Waals surface area contributed by atoms with E-state index in [1.165, 1.54) is 12.8 Å². The Labute approximate surface area is 161 Å². The van der Waals surface area contributed by atoms with Crippen molar-refractivity contribution < 1.29 is 4.74 Å². The molecule has 134 valence electrons. The highest BCUT2D eigenvalue weighted by atomic mass is 127. The average Bonchev–Trinajstić information content (AvgIpc) is 3.29. The van der Waals surface area contributed by atoms with Gasteiger partial charge in [0.1, 0.15) is 5.82 Å². The van der Waals surface area contributed by atoms with Crippen LogP contribution in [0.3, 0.4) is 0 Å². The maximum atomic E-state index is 5.61. The van der Waals surface area contributed by atoms with Crippen molar-refractivity contribution in [3.8, 4) is 0 Å². The van der Waals surface area contributed by atoms with Gasteiger partial charge in [0, 0.05) is 46.0 Å². The van der Waals surface area contributed by atoms with Gasteiger partial charge in [0.2, 0.25) is 0 Å². The highest BCUT2D eigenvalue weighted by Crippen LogP contribution is 2.17. The van der Waals surface area contributed by atoms with Crippen LogP contribution in [-0.2, 0) is 11.3 Å². The van der Waals surface area contributed by atoms with E-state index >= 15 is 0 Å². The first-order valence-electron chi connectivity index (χ1n) is 8.61. The van der Waals surface area contributed by atoms with Crippen LogP contribution in [0.15, 0.2) is 23.3 Å². The SMILES string of the molecule is CN=C(NCc1ccc(N2CCCC2)nc1)NCC1CCCO1.I. The molecular weight excluding hydrogens is 417 g/mol. The Balaban J connectivity index is 0.00000208. The van der Waals surface area contributed by atoms with Crippen molar-refractivity contribution in [3.05, 3.63) is 23.9 Å². The smallest absolute Gasteiger partial charge is 0.191 e. The summed E-state index contributed by atoms with van der Waals surface area (Å²) in [5.41, 5.74) is 1.16. The maximum absolute atomic E-state index is 5.61. The molecule has 2 aliphatic heterocycles. The van der Waals surface area contributed by atoms with Crippen LogP contribution in [0.25, 0.3) is 0 Å². The monoisotopic (exact) mass is 445 g/mol. The van der Waals surface area contributed by atoms with Gasteiger partial charge in [0.15, 0.2) is 5.96 Å². The molecule has 0 aliphatic carbocycles. The number of guanidine groups is 1. The number of hydrogen-bond acceptors (Lipinski definition) is 4. The van der Waals surface area contributed by atoms with Gasteiger partial charge in [0.25, 0.3) is 0 Å². The lowest BCUT2D eigenvalue weighted by Gasteiger charge is -2.17. The van der Waals surface area contributed by atoms with Crippen LogP contribution < -0.4 is 15.5 Å². The molecule has 0 amide bonds. The number of hydrogen-bond donors (Lipinski definition) is 2. The fourth-order valence-electron chi connectivity index (χ4n) is 3.08. The molecule has 2 aliphatic rings. The Morgan fingerprint density at radius 2 is 2.12 bits per heavy atom. The third-order valence-electron chi connectivity index (χ3n) is 4.44. The summed E-state index contributed by atoms with van der Waals surface area (Å²) in [7, 11) is 1.79. The first-order valence-corrected chi connectivity index (χ1v) is 8.61. The van der Waals surface area contributed by atoms with E-state index < -0.39 is 0 Å². The van der Waals surface area contributed by atoms with Gasteiger partial charge in [-0.1, -0.05) is 6.07 Å². The largest absolute Gasteiger partial charge is 0.376 e. The highest BCUT2D eigenvalue weighted by molar-refractivity contribution is 14.0. The maximum Gasteiger partial charge on any atom is 0.191 e. The number of anilines is 1. The van der Waals surface area contributed by atoms with E-state index in [0.717, 1.165) is 63.0 Å². The van der Waals surface area contributed by atoms with E-state index in [1.807, 2.05) is 6.20 Å². The topological polar surface area (TPSA) is 61.8 Å². The van der Waals surface area contributed by atoms with E-state index in [-0.39, 0.29) is 24.0 Å². The van der Waals surface area contributed by atoms with Gasteiger partial charge >= 0.3 is 0 Å². The van der Waals surface area contributed by atoms with Crippen molar-refractivity contribution in [1.29, 1.82) is 0 Å². The molecular formula is C17H28IN5O. The number of halogens is 1. The zero-order valence-corrected chi connectivity index (χ0v) is 16.7. The number of aliphatic imine (C=N–C) groups is 1. The molecule has 1 atom stereocenters. The molecule has 0 spiro atoms. The van der Waals surface area contributed by atoms with Gasteiger partial charge in [-0.25, -0.2) is 4.98 Å². The molecule has 6 nitrogen and oxygen atoms in total. The lowest BCUT2D eigenvalue weighted by atomic mass is 10.2. The van der Waals surface area contributed by atoms with E-state index in [4.69, 9.17) is 4.74 Å². The van der Waals surface area contributed by atoms with Gasteiger partial charge in [-0.05, 0) is 37.3 Å². The predicted molar refractivity (Wildman–Crippen MR) is 108 cm³/mol. The van der Waals surface area contributed by atoms with Crippen molar-refractivity contribution in [2.45, 2.75) is 38.3 Å². The van der Waals surface area contributed by atoms with Crippen LogP contribution in [-0.4, -0.2) is 50.3 Å². The molecule has 7 heteroatoms. The molecule has 24 heavy (non-hydrogen) atoms. The first-order chi connectivity index (χ1) is 11.3. The zero-order chi connectivity index (χ0) is 15.9. The fraction of sp³-hybridized carbons (Fsp3) is 0.647. The normalized spacial score (nSPS) is 20.8. The van der Waals surface area contributed by atoms with E-state index in [2.05, 4.69) is 37.6 Å². The third kappa shape index (κ3) is 5.47. The average molecular weight is 445 g/mol. The Bertz CT molecular complexity index is 510. The molecule has 0 saturated carbocycles. The van der Waals surface area contributed by atoms with Crippen molar-refractivity contribution in [2.75, 3.05) is 38.2 Å². The fourth-order valence-corrected chi connectivity index (χ4v) is 3.08. The van der Waals surface area contributed by atoms with Crippen LogP contribution in [0.4, 0.5) is 5.82 Å². The molecule has 3 rings (SSSR count). The highest BCUT2D eigenvalue weighted by Gasteiger charge is 2.15. The van der Waals surface area contributed by atoms with Crippen LogP contribution in [0.2, 0.25) is 0 Å². The molecule has 2 saturated heterocycles. The standard InChI is InChI=1S/C17H27N5O.HI/c1-18-17(21-13-15-5-4-10-23-15)20-12-14-6-7-16(19-11-14)22-8-2-3-9-22;/h6-7,11,15H,2-5,8-10,12-13H2,1H3,(H2,18,20,21);1H. The van der Waals surface area contributed by atoms with E-state index in [1.54, 1.807) is 7.05 Å². The summed E-state index contributed by atoms with van der Waals surface area (Å²) in [6.45, 7) is 4.67. The van der Waals surface area contributed by atoms with Crippen molar-refractivity contribution in [2.24, 2.45) is 4.99 Å². The molecule has 1 aromatic rings. The predicted octanol–water partition coefficient (Wildman–Crippen LogP) is 2.14. The summed E-state index contributed by atoms with van der Waals surface area (Å²) < 4.78 is 5.61. The lowest BCUT2D eigenvalue weighted by Crippen LogP contribution is -2.40. The number of nitrogens with one attached hydrogen (secondary N) is 2. The van der Waals surface area contributed by atoms with Gasteiger partial charge in [-0.2, -0.15) is 0 Å². The summed E-state index contributed by atoms with van der Waals surface area (Å²) >= 11 is 0. The molecule has 1 aromatic heterocycles. The minimum atomic E-state index is 0. The van der Waals surface area contributed by atoms with E-state index in [0.29, 0.717) is 6.10 Å². The molecule has 2 fully saturated rings. The molecule has 0 radical (unpaired) electrons. The van der Waals surface area contributed by atoms with Crippen LogP contribution in [0, 0.1) is 0 Å². The Morgan fingerprint density at radius 1 is 1.29 bits per heavy atom. The molecule has 3 heterocycles. The van der Waals surface area contributed by atoms with Crippen molar-refractivity contribution in [1.82, 2.24) is 15.6 Å². The summed E-state index contributed by atoms with van der Waals surface area (Å²) in [5.74, 6) is 1.90. The Hall–Kier alpha value is -1.09. The minimum absolute atomic E-state index is 0. The lowest BCUT2D eigenvalue weighted by molar-refractivity contribution is 0.114. The number of rotatable bonds is 5. The second-order valence-electron chi connectivity index (χ2n) is 6.16. The number of nitrogens with zero attached hydrogens (tertiary/aromatic N) is 3. The third-order valence-corrected chi connectivity index (χ3v) is 4.44. The van der Waals surface area contributed by atoms with Crippen molar-refractivity contribution >= 4 is 35.8 Å². The van der Waals surface area contributed by atoms with Gasteiger partial charge < -0.3 is 20.3 Å².